The molecule has 5 rings (SSSR count). The Bertz CT molecular complexity index is 2510. The fraction of sp³-hybridized carbons (Fsp3) is 0. The van der Waals surface area contributed by atoms with E-state index >= 15 is 0 Å². The first kappa shape index (κ1) is 46.8. The van der Waals surface area contributed by atoms with Crippen molar-refractivity contribution in [2.75, 3.05) is 0 Å². The Labute approximate surface area is 372 Å². The van der Waals surface area contributed by atoms with Crippen molar-refractivity contribution in [2.24, 2.45) is 20.5 Å². The summed E-state index contributed by atoms with van der Waals surface area (Å²) in [6.45, 7) is 0. The Morgan fingerprint density at radius 3 is 1.54 bits per heavy atom. The van der Waals surface area contributed by atoms with Gasteiger partial charge in [0.25, 0.3) is 30.4 Å². The molecule has 0 aromatic heterocycles. The number of azo groups is 2. The van der Waals surface area contributed by atoms with Crippen molar-refractivity contribution in [1.29, 1.82) is 0 Å². The summed E-state index contributed by atoms with van der Waals surface area (Å²) in [5.41, 5.74) is -0.430. The van der Waals surface area contributed by atoms with Crippen molar-refractivity contribution >= 4 is 199 Å². The summed E-state index contributed by atoms with van der Waals surface area (Å²) in [6.07, 6.45) is 0. The van der Waals surface area contributed by atoms with Crippen LogP contribution in [0.5, 0.6) is 5.75 Å². The summed E-state index contributed by atoms with van der Waals surface area (Å²) >= 11 is 0. The molecular weight excluding hydrogens is 760 g/mol. The number of carbonyl (C=O) groups is 1. The topological polar surface area (TPSA) is 270 Å². The number of carboxylic acid groups (broad SMARTS) is 1. The zero-order valence-corrected chi connectivity index (χ0v) is 37.1. The van der Waals surface area contributed by atoms with Crippen LogP contribution in [0.3, 0.4) is 0 Å². The Morgan fingerprint density at radius 1 is 0.500 bits per heavy atom. The van der Waals surface area contributed by atoms with Crippen LogP contribution in [0, 0.1) is 0 Å². The summed E-state index contributed by atoms with van der Waals surface area (Å²) in [7, 11) is -14.2. The molecular formula is C27H18N4Na4O12S3. The smallest absolute Gasteiger partial charge is 0.339 e. The van der Waals surface area contributed by atoms with Crippen molar-refractivity contribution in [2.45, 2.75) is 14.7 Å². The van der Waals surface area contributed by atoms with Gasteiger partial charge in [0.15, 0.2) is 0 Å². The normalized spacial score (nSPS) is 11.8. The number of phenols is 1. The molecule has 50 heavy (non-hydrogen) atoms. The van der Waals surface area contributed by atoms with Crippen LogP contribution in [0.1, 0.15) is 10.4 Å². The van der Waals surface area contributed by atoms with Gasteiger partial charge in [0.2, 0.25) is 0 Å². The molecule has 0 spiro atoms. The number of carboxylic acids is 1. The third-order valence-electron chi connectivity index (χ3n) is 6.46. The first-order chi connectivity index (χ1) is 21.4. The molecule has 0 bridgehead atoms. The Morgan fingerprint density at radius 2 is 0.980 bits per heavy atom. The number of fused-ring (bicyclic) bond motifs is 2. The fourth-order valence-corrected chi connectivity index (χ4v) is 5.86. The predicted molar refractivity (Wildman–Crippen MR) is 184 cm³/mol. The Hall–Kier alpha value is -1.18. The Kier molecular flexibility index (Phi) is 17.1. The molecule has 0 fully saturated rings. The van der Waals surface area contributed by atoms with Crippen molar-refractivity contribution in [3.63, 3.8) is 0 Å². The second-order valence-electron chi connectivity index (χ2n) is 9.47. The molecule has 4 radical (unpaired) electrons. The van der Waals surface area contributed by atoms with Crippen LogP contribution < -0.4 is 0 Å². The summed E-state index contributed by atoms with van der Waals surface area (Å²) in [6, 6.07) is 14.8. The Balaban J connectivity index is 0.00000312. The van der Waals surface area contributed by atoms with E-state index in [9.17, 15) is 53.9 Å². The standard InChI is InChI=1S/C27H18N4O12S3.4Na/c32-26-8-1-15(11-22(26)27(33)34)28-29-24-7-6-23(20-5-3-17(12-21(20)24)45(38,39)40)30-31-25-13-18(46(41,42)43)10-14-9-16(44(35,36)37)2-4-19(14)25;;;;/h1-13,32H,(H,33,34)(H,35,36,37)(H,38,39,40)(H,41,42,43);;;;. The van der Waals surface area contributed by atoms with Gasteiger partial charge in [-0.15, -0.1) is 15.3 Å². The van der Waals surface area contributed by atoms with E-state index in [2.05, 4.69) is 20.5 Å². The number of aromatic carboxylic acids is 1. The maximum Gasteiger partial charge on any atom is 0.339 e. The van der Waals surface area contributed by atoms with Gasteiger partial charge >= 0.3 is 5.97 Å². The summed E-state index contributed by atoms with van der Waals surface area (Å²) in [5, 5.41) is 35.7. The summed E-state index contributed by atoms with van der Waals surface area (Å²) in [5.74, 6) is -1.92. The van der Waals surface area contributed by atoms with Gasteiger partial charge in [0, 0.05) is 134 Å². The zero-order chi connectivity index (χ0) is 33.6. The van der Waals surface area contributed by atoms with Gasteiger partial charge in [0.05, 0.1) is 37.4 Å². The van der Waals surface area contributed by atoms with Crippen LogP contribution in [0.15, 0.2) is 114 Å². The van der Waals surface area contributed by atoms with Crippen molar-refractivity contribution in [3.05, 3.63) is 84.4 Å². The van der Waals surface area contributed by atoms with E-state index in [1.54, 1.807) is 0 Å². The van der Waals surface area contributed by atoms with Crippen LogP contribution >= 0.6 is 0 Å². The van der Waals surface area contributed by atoms with Gasteiger partial charge in [0.1, 0.15) is 11.3 Å². The molecule has 0 aliphatic heterocycles. The van der Waals surface area contributed by atoms with Crippen LogP contribution in [0.25, 0.3) is 21.5 Å². The fourth-order valence-electron chi connectivity index (χ4n) is 4.30. The van der Waals surface area contributed by atoms with Gasteiger partial charge < -0.3 is 10.2 Å². The second kappa shape index (κ2) is 18.2. The molecule has 0 saturated carbocycles. The SMILES string of the molecule is O=C(O)c1cc(N=Nc2ccc(N=Nc3cc(S(=O)(=O)O)cc4cc(S(=O)(=O)O)ccc34)c3ccc(S(=O)(=O)O)cc23)ccc1O.[Na].[Na].[Na].[Na]. The van der Waals surface area contributed by atoms with Crippen LogP contribution in [-0.4, -0.2) is 173 Å². The van der Waals surface area contributed by atoms with Crippen LogP contribution in [-0.2, 0) is 30.4 Å². The summed E-state index contributed by atoms with van der Waals surface area (Å²) in [4.78, 5) is 9.63. The summed E-state index contributed by atoms with van der Waals surface area (Å²) < 4.78 is 99.5. The molecule has 0 amide bonds. The molecule has 0 heterocycles. The quantitative estimate of drug-likeness (QED) is 0.0831. The van der Waals surface area contributed by atoms with E-state index < -0.39 is 62.3 Å². The van der Waals surface area contributed by atoms with E-state index in [1.165, 1.54) is 30.3 Å². The number of hydrogen-bond acceptors (Lipinski definition) is 12. The molecule has 5 aromatic rings. The third kappa shape index (κ3) is 10.9. The molecule has 5 N–H and O–H groups in total. The van der Waals surface area contributed by atoms with Crippen molar-refractivity contribution in [1.82, 2.24) is 0 Å². The predicted octanol–water partition coefficient (Wildman–Crippen LogP) is 4.44. The van der Waals surface area contributed by atoms with E-state index in [-0.39, 0.29) is 163 Å². The number of benzene rings is 5. The number of rotatable bonds is 8. The first-order valence-electron chi connectivity index (χ1n) is 12.4. The molecule has 0 aliphatic carbocycles. The van der Waals surface area contributed by atoms with E-state index in [0.717, 1.165) is 48.5 Å². The minimum atomic E-state index is -4.81. The average Bonchev–Trinajstić information content (AvgIpc) is 2.97. The van der Waals surface area contributed by atoms with Crippen LogP contribution in [0.2, 0.25) is 0 Å². The molecule has 0 aliphatic rings. The van der Waals surface area contributed by atoms with Gasteiger partial charge in [-0.3, -0.25) is 13.7 Å². The molecule has 16 nitrogen and oxygen atoms in total. The van der Waals surface area contributed by atoms with E-state index in [4.69, 9.17) is 0 Å². The minimum Gasteiger partial charge on any atom is -0.507 e. The van der Waals surface area contributed by atoms with Gasteiger partial charge in [-0.2, -0.15) is 30.4 Å². The van der Waals surface area contributed by atoms with E-state index in [1.807, 2.05) is 0 Å². The van der Waals surface area contributed by atoms with Gasteiger partial charge in [-0.05, 0) is 72.1 Å². The maximum atomic E-state index is 11.9. The zero-order valence-electron chi connectivity index (χ0n) is 26.6. The molecule has 0 saturated heterocycles. The second-order valence-corrected chi connectivity index (χ2v) is 13.7. The van der Waals surface area contributed by atoms with Crippen molar-refractivity contribution in [3.8, 4) is 5.75 Å². The third-order valence-corrected chi connectivity index (χ3v) is 8.99. The average molecular weight is 779 g/mol. The molecule has 240 valence electrons. The number of hydrogen-bond donors (Lipinski definition) is 5. The molecule has 0 unspecified atom stereocenters. The first-order valence-corrected chi connectivity index (χ1v) is 16.7. The minimum absolute atomic E-state index is 0. The number of nitrogens with zero attached hydrogens (tertiary/aromatic N) is 4. The number of aromatic hydroxyl groups is 1. The molecule has 0 atom stereocenters. The largest absolute Gasteiger partial charge is 0.507 e. The van der Waals surface area contributed by atoms with Crippen molar-refractivity contribution < 1.29 is 53.9 Å². The maximum absolute atomic E-state index is 11.9. The molecule has 5 aromatic carbocycles. The van der Waals surface area contributed by atoms with Crippen LogP contribution in [0.4, 0.5) is 22.7 Å². The molecule has 23 heteroatoms. The van der Waals surface area contributed by atoms with Gasteiger partial charge in [-0.1, -0.05) is 12.1 Å². The van der Waals surface area contributed by atoms with E-state index in [0.29, 0.717) is 0 Å². The van der Waals surface area contributed by atoms with Gasteiger partial charge in [-0.25, -0.2) is 4.79 Å². The monoisotopic (exact) mass is 778 g/mol.